The van der Waals surface area contributed by atoms with Crippen LogP contribution in [-0.2, 0) is 14.3 Å². The van der Waals surface area contributed by atoms with Crippen LogP contribution in [0.25, 0.3) is 11.0 Å². The van der Waals surface area contributed by atoms with Gasteiger partial charge < -0.3 is 25.1 Å². The number of ether oxygens (including phenoxy) is 1. The van der Waals surface area contributed by atoms with Crippen molar-refractivity contribution in [2.75, 3.05) is 25.1 Å². The number of allylic oxidation sites excluding steroid dienone is 1. The molecule has 1 saturated heterocycles. The molecule has 2 heterocycles. The van der Waals surface area contributed by atoms with Gasteiger partial charge in [0, 0.05) is 29.6 Å². The Morgan fingerprint density at radius 2 is 1.73 bits per heavy atom. The van der Waals surface area contributed by atoms with Gasteiger partial charge in [-0.2, -0.15) is 0 Å². The lowest BCUT2D eigenvalue weighted by molar-refractivity contribution is -0.140. The van der Waals surface area contributed by atoms with E-state index in [9.17, 15) is 18.8 Å². The molecule has 238 valence electrons. The molecule has 44 heavy (non-hydrogen) atoms. The predicted octanol–water partition coefficient (Wildman–Crippen LogP) is 6.68. The van der Waals surface area contributed by atoms with E-state index in [4.69, 9.17) is 14.9 Å². The minimum Gasteiger partial charge on any atom is -0.460 e. The van der Waals surface area contributed by atoms with Crippen LogP contribution in [0.5, 0.6) is 0 Å². The number of anilines is 1. The van der Waals surface area contributed by atoms with Crippen molar-refractivity contribution in [2.24, 2.45) is 23.5 Å². The van der Waals surface area contributed by atoms with Gasteiger partial charge in [-0.3, -0.25) is 9.59 Å². The smallest absolute Gasteiger partial charge is 0.374 e. The van der Waals surface area contributed by atoms with Gasteiger partial charge in [0.15, 0.2) is 0 Å². The van der Waals surface area contributed by atoms with Gasteiger partial charge in [-0.05, 0) is 112 Å². The Morgan fingerprint density at radius 3 is 2.45 bits per heavy atom. The van der Waals surface area contributed by atoms with E-state index >= 15 is 0 Å². The van der Waals surface area contributed by atoms with Crippen LogP contribution in [-0.4, -0.2) is 54.6 Å². The van der Waals surface area contributed by atoms with E-state index in [2.05, 4.69) is 5.32 Å². The first-order valence-electron chi connectivity index (χ1n) is 16.8. The first-order valence-corrected chi connectivity index (χ1v) is 16.8. The van der Waals surface area contributed by atoms with Gasteiger partial charge in [0.05, 0.1) is 6.61 Å². The van der Waals surface area contributed by atoms with Crippen molar-refractivity contribution in [1.82, 2.24) is 4.90 Å². The van der Waals surface area contributed by atoms with E-state index in [0.717, 1.165) is 56.9 Å². The summed E-state index contributed by atoms with van der Waals surface area (Å²) in [5.41, 5.74) is 9.51. The number of nitrogens with zero attached hydrogens (tertiary/aromatic N) is 1. The highest BCUT2D eigenvalue weighted by Gasteiger charge is 2.42. The minimum absolute atomic E-state index is 0.0230. The maximum absolute atomic E-state index is 14.0. The largest absolute Gasteiger partial charge is 0.460 e. The van der Waals surface area contributed by atoms with Gasteiger partial charge >= 0.3 is 5.97 Å². The molecular formula is C35H46FN3O5. The van der Waals surface area contributed by atoms with Gasteiger partial charge in [-0.25, -0.2) is 9.18 Å². The van der Waals surface area contributed by atoms with Gasteiger partial charge in [0.1, 0.15) is 18.3 Å². The molecule has 3 aliphatic carbocycles. The summed E-state index contributed by atoms with van der Waals surface area (Å²) in [5, 5.41) is 3.78. The zero-order chi connectivity index (χ0) is 30.6. The van der Waals surface area contributed by atoms with Crippen LogP contribution in [0.2, 0.25) is 0 Å². The maximum Gasteiger partial charge on any atom is 0.374 e. The van der Waals surface area contributed by atoms with Crippen molar-refractivity contribution < 1.29 is 27.9 Å². The predicted molar refractivity (Wildman–Crippen MR) is 167 cm³/mol. The van der Waals surface area contributed by atoms with Gasteiger partial charge in [-0.1, -0.05) is 24.8 Å². The molecule has 1 aromatic heterocycles. The highest BCUT2D eigenvalue weighted by molar-refractivity contribution is 6.02. The second-order valence-corrected chi connectivity index (χ2v) is 13.4. The van der Waals surface area contributed by atoms with Crippen LogP contribution in [0, 0.1) is 17.8 Å². The van der Waals surface area contributed by atoms with Crippen LogP contribution in [0.1, 0.15) is 100 Å². The van der Waals surface area contributed by atoms with E-state index in [1.54, 1.807) is 29.2 Å². The number of likely N-dealkylation sites (tertiary alicyclic amines) is 1. The van der Waals surface area contributed by atoms with Crippen molar-refractivity contribution >= 4 is 34.4 Å². The number of amides is 2. The number of halogens is 1. The highest BCUT2D eigenvalue weighted by Crippen LogP contribution is 2.38. The number of hydrogen-bond acceptors (Lipinski definition) is 6. The van der Waals surface area contributed by atoms with Crippen LogP contribution < -0.4 is 11.1 Å². The molecule has 2 aromatic rings. The fourth-order valence-corrected chi connectivity index (χ4v) is 7.93. The third-order valence-electron chi connectivity index (χ3n) is 10.5. The fourth-order valence-electron chi connectivity index (χ4n) is 7.93. The average molecular weight is 608 g/mol. The van der Waals surface area contributed by atoms with E-state index in [0.29, 0.717) is 55.0 Å². The summed E-state index contributed by atoms with van der Waals surface area (Å²) in [6.07, 6.45) is 13.5. The third-order valence-corrected chi connectivity index (χ3v) is 10.5. The number of carbonyl (C=O) groups is 3. The molecule has 0 bridgehead atoms. The quantitative estimate of drug-likeness (QED) is 0.256. The number of alkyl halides is 1. The molecule has 0 radical (unpaired) electrons. The molecule has 3 saturated carbocycles. The topological polar surface area (TPSA) is 115 Å². The standard InChI is InChI=1S/C35H46FN3O5/c36-20-29(37)24-10-12-25(13-11-24)34(41)39-17-16-28(23-8-2-1-3-9-23)32(39)33(40)38-27-14-15-30-26(18-27)19-31(44-30)35(42)43-21-22-6-4-5-7-22/h14-15,18-19,22,24-25,29,32H,1-13,16-17,20-21,37H2,(H,38,40)/t24?,25?,29-,32?/m1/s1. The number of hydrogen-bond donors (Lipinski definition) is 2. The van der Waals surface area contributed by atoms with Crippen molar-refractivity contribution in [1.29, 1.82) is 0 Å². The summed E-state index contributed by atoms with van der Waals surface area (Å²) in [5.74, 6) is -0.141. The maximum atomic E-state index is 14.0. The van der Waals surface area contributed by atoms with Crippen molar-refractivity contribution in [2.45, 2.75) is 102 Å². The molecule has 0 spiro atoms. The number of furan rings is 1. The van der Waals surface area contributed by atoms with Crippen LogP contribution in [0.15, 0.2) is 39.8 Å². The molecular weight excluding hydrogens is 561 g/mol. The number of fused-ring (bicyclic) bond motifs is 1. The van der Waals surface area contributed by atoms with Gasteiger partial charge in [0.25, 0.3) is 5.91 Å². The highest BCUT2D eigenvalue weighted by atomic mass is 19.1. The lowest BCUT2D eigenvalue weighted by Gasteiger charge is -2.34. The van der Waals surface area contributed by atoms with Gasteiger partial charge in [0.2, 0.25) is 11.7 Å². The molecule has 6 rings (SSSR count). The van der Waals surface area contributed by atoms with Crippen molar-refractivity contribution in [3.63, 3.8) is 0 Å². The lowest BCUT2D eigenvalue weighted by atomic mass is 9.78. The summed E-state index contributed by atoms with van der Waals surface area (Å²) in [7, 11) is 0. The first-order chi connectivity index (χ1) is 21.4. The number of rotatable bonds is 8. The van der Waals surface area contributed by atoms with E-state index in [1.807, 2.05) is 0 Å². The Labute approximate surface area is 258 Å². The molecule has 4 aliphatic rings. The van der Waals surface area contributed by atoms with Crippen LogP contribution in [0.4, 0.5) is 10.1 Å². The fraction of sp³-hybridized carbons (Fsp3) is 0.629. The second-order valence-electron chi connectivity index (χ2n) is 13.4. The number of carbonyl (C=O) groups excluding carboxylic acids is 3. The van der Waals surface area contributed by atoms with Gasteiger partial charge in [-0.15, -0.1) is 0 Å². The monoisotopic (exact) mass is 607 g/mol. The normalized spacial score (nSPS) is 25.4. The number of benzene rings is 1. The average Bonchev–Trinajstić information content (AvgIpc) is 3.83. The molecule has 1 aliphatic heterocycles. The summed E-state index contributed by atoms with van der Waals surface area (Å²) < 4.78 is 24.4. The molecule has 1 aromatic carbocycles. The first kappa shape index (κ1) is 30.8. The summed E-state index contributed by atoms with van der Waals surface area (Å²) >= 11 is 0. The summed E-state index contributed by atoms with van der Waals surface area (Å²) in [4.78, 5) is 42.3. The Bertz CT molecular complexity index is 1380. The van der Waals surface area contributed by atoms with E-state index in [-0.39, 0.29) is 29.4 Å². The molecule has 1 unspecified atom stereocenters. The molecule has 8 nitrogen and oxygen atoms in total. The van der Waals surface area contributed by atoms with E-state index < -0.39 is 24.7 Å². The summed E-state index contributed by atoms with van der Waals surface area (Å²) in [6, 6.07) is 5.87. The Morgan fingerprint density at radius 1 is 0.977 bits per heavy atom. The minimum atomic E-state index is -0.636. The zero-order valence-corrected chi connectivity index (χ0v) is 25.7. The Hall–Kier alpha value is -3.20. The number of nitrogens with two attached hydrogens (primary N) is 1. The number of esters is 1. The van der Waals surface area contributed by atoms with Crippen molar-refractivity contribution in [3.05, 3.63) is 41.2 Å². The SMILES string of the molecule is N[C@H](CF)C1CCC(C(=O)N2CCC(=C3CCCCC3)C2C(=O)Nc2ccc3oc(C(=O)OCC4CCCC4)cc3c2)CC1. The molecule has 3 N–H and O–H groups in total. The third kappa shape index (κ3) is 6.72. The second kappa shape index (κ2) is 13.8. The van der Waals surface area contributed by atoms with Crippen molar-refractivity contribution in [3.8, 4) is 0 Å². The Balaban J connectivity index is 1.17. The zero-order valence-electron chi connectivity index (χ0n) is 25.7. The van der Waals surface area contributed by atoms with Crippen LogP contribution in [0.3, 0.4) is 0 Å². The molecule has 9 heteroatoms. The Kier molecular flexibility index (Phi) is 9.69. The van der Waals surface area contributed by atoms with E-state index in [1.165, 1.54) is 24.8 Å². The molecule has 2 amide bonds. The number of nitrogens with one attached hydrogen (secondary N) is 1. The summed E-state index contributed by atoms with van der Waals surface area (Å²) in [6.45, 7) is 0.413. The van der Waals surface area contributed by atoms with Crippen LogP contribution >= 0.6 is 0 Å². The molecule has 4 fully saturated rings. The molecule has 2 atom stereocenters. The lowest BCUT2D eigenvalue weighted by Crippen LogP contribution is -2.47.